The number of nitrogens with zero attached hydrogens (tertiary/aromatic N) is 4. The number of aromatic nitrogens is 3. The summed E-state index contributed by atoms with van der Waals surface area (Å²) in [5.41, 5.74) is 5.95. The van der Waals surface area contributed by atoms with Crippen molar-refractivity contribution in [1.29, 1.82) is 5.26 Å². The summed E-state index contributed by atoms with van der Waals surface area (Å²) in [4.78, 5) is 18.2. The number of imidazole rings is 1. The highest BCUT2D eigenvalue weighted by molar-refractivity contribution is 9.10. The molecule has 2 aromatic heterocycles. The second-order valence-electron chi connectivity index (χ2n) is 9.45. The zero-order valence-electron chi connectivity index (χ0n) is 21.0. The van der Waals surface area contributed by atoms with Crippen molar-refractivity contribution in [3.8, 4) is 17.2 Å². The fourth-order valence-electron chi connectivity index (χ4n) is 4.93. The van der Waals surface area contributed by atoms with Gasteiger partial charge in [0.2, 0.25) is 0 Å². The molecule has 0 spiro atoms. The first-order chi connectivity index (χ1) is 19.1. The Balaban J connectivity index is 1.40. The molecule has 0 bridgehead atoms. The van der Waals surface area contributed by atoms with E-state index in [1.165, 1.54) is 0 Å². The van der Waals surface area contributed by atoms with Crippen molar-refractivity contribution in [2.75, 3.05) is 0 Å². The highest BCUT2D eigenvalue weighted by Gasteiger charge is 2.20. The normalized spacial score (nSPS) is 11.0. The van der Waals surface area contributed by atoms with Gasteiger partial charge in [0.1, 0.15) is 0 Å². The first-order valence-electron chi connectivity index (χ1n) is 12.6. The van der Waals surface area contributed by atoms with Gasteiger partial charge >= 0.3 is 0 Å². The molecule has 5 nitrogen and oxygen atoms in total. The first-order valence-corrected chi connectivity index (χ1v) is 13.3. The Hall–Kier alpha value is -4.73. The lowest BCUT2D eigenvalue weighted by Crippen LogP contribution is -2.07. The molecule has 0 aliphatic carbocycles. The van der Waals surface area contributed by atoms with E-state index in [-0.39, 0.29) is 5.78 Å². The molecule has 0 saturated carbocycles. The summed E-state index contributed by atoms with van der Waals surface area (Å²) in [6, 6.07) is 31.7. The molecule has 39 heavy (non-hydrogen) atoms. The topological polar surface area (TPSA) is 63.6 Å². The van der Waals surface area contributed by atoms with Crippen LogP contribution in [0.4, 0.5) is 0 Å². The number of benzene rings is 4. The maximum atomic E-state index is 13.8. The third kappa shape index (κ3) is 5.05. The maximum Gasteiger partial charge on any atom is 0.195 e. The van der Waals surface area contributed by atoms with E-state index in [1.807, 2.05) is 85.5 Å². The minimum Gasteiger partial charge on any atom is -0.347 e. The minimum absolute atomic E-state index is 0.0240. The Morgan fingerprint density at radius 1 is 0.872 bits per heavy atom. The lowest BCUT2D eigenvalue weighted by atomic mass is 9.94. The molecule has 0 unspecified atom stereocenters. The molecule has 188 valence electrons. The molecule has 6 aromatic rings. The van der Waals surface area contributed by atoms with Gasteiger partial charge in [0, 0.05) is 46.3 Å². The maximum absolute atomic E-state index is 13.8. The predicted octanol–water partition coefficient (Wildman–Crippen LogP) is 7.47. The Kier molecular flexibility index (Phi) is 6.66. The van der Waals surface area contributed by atoms with Crippen LogP contribution in [0.15, 0.2) is 120 Å². The van der Waals surface area contributed by atoms with E-state index in [0.29, 0.717) is 29.8 Å². The van der Waals surface area contributed by atoms with Crippen LogP contribution in [-0.2, 0) is 13.1 Å². The largest absolute Gasteiger partial charge is 0.347 e. The van der Waals surface area contributed by atoms with Gasteiger partial charge in [-0.15, -0.1) is 0 Å². The standard InChI is InChI=1S/C33H23BrN4O/c34-27-8-3-7-26(15-27)33(39)32-21-37(20-31(32)30-10-4-6-25-5-1-2-9-29(25)30)19-28-17-36-22-38(28)18-24-13-11-23(16-35)12-14-24/h1-15,17,20-22H,18-19H2. The Bertz CT molecular complexity index is 1850. The number of rotatable bonds is 7. The van der Waals surface area contributed by atoms with Gasteiger partial charge in [-0.25, -0.2) is 4.98 Å². The van der Waals surface area contributed by atoms with E-state index in [1.54, 1.807) is 0 Å². The van der Waals surface area contributed by atoms with E-state index < -0.39 is 0 Å². The van der Waals surface area contributed by atoms with Crippen LogP contribution in [0.1, 0.15) is 32.7 Å². The third-order valence-electron chi connectivity index (χ3n) is 6.87. The zero-order valence-corrected chi connectivity index (χ0v) is 22.5. The third-order valence-corrected chi connectivity index (χ3v) is 7.36. The van der Waals surface area contributed by atoms with Crippen molar-refractivity contribution in [1.82, 2.24) is 14.1 Å². The molecular weight excluding hydrogens is 548 g/mol. The highest BCUT2D eigenvalue weighted by Crippen LogP contribution is 2.33. The summed E-state index contributed by atoms with van der Waals surface area (Å²) < 4.78 is 5.02. The van der Waals surface area contributed by atoms with Crippen LogP contribution < -0.4 is 0 Å². The molecule has 4 aromatic carbocycles. The fourth-order valence-corrected chi connectivity index (χ4v) is 5.33. The second-order valence-corrected chi connectivity index (χ2v) is 10.4. The van der Waals surface area contributed by atoms with Gasteiger partial charge in [-0.05, 0) is 46.2 Å². The van der Waals surface area contributed by atoms with Crippen LogP contribution >= 0.6 is 15.9 Å². The lowest BCUT2D eigenvalue weighted by Gasteiger charge is -2.09. The quantitative estimate of drug-likeness (QED) is 0.187. The number of hydrogen-bond donors (Lipinski definition) is 0. The summed E-state index contributed by atoms with van der Waals surface area (Å²) in [5.74, 6) is -0.0240. The molecule has 0 saturated heterocycles. The van der Waals surface area contributed by atoms with E-state index >= 15 is 0 Å². The average Bonchev–Trinajstić information content (AvgIpc) is 3.59. The van der Waals surface area contributed by atoms with Crippen LogP contribution in [0.25, 0.3) is 21.9 Å². The Morgan fingerprint density at radius 2 is 1.67 bits per heavy atom. The molecule has 6 heteroatoms. The molecular formula is C33H23BrN4O. The van der Waals surface area contributed by atoms with Gasteiger partial charge in [0.15, 0.2) is 5.78 Å². The number of carbonyl (C=O) groups excluding carboxylic acids is 1. The lowest BCUT2D eigenvalue weighted by molar-refractivity contribution is 0.103. The molecule has 6 rings (SSSR count). The molecule has 0 N–H and O–H groups in total. The predicted molar refractivity (Wildman–Crippen MR) is 157 cm³/mol. The van der Waals surface area contributed by atoms with Crippen molar-refractivity contribution in [3.05, 3.63) is 148 Å². The molecule has 0 amide bonds. The number of halogens is 1. The molecule has 0 aliphatic rings. The van der Waals surface area contributed by atoms with Crippen molar-refractivity contribution < 1.29 is 4.79 Å². The van der Waals surface area contributed by atoms with Gasteiger partial charge in [0.05, 0.1) is 30.2 Å². The van der Waals surface area contributed by atoms with Gasteiger partial charge in [-0.3, -0.25) is 4.79 Å². The van der Waals surface area contributed by atoms with E-state index in [9.17, 15) is 4.79 Å². The summed E-state index contributed by atoms with van der Waals surface area (Å²) >= 11 is 3.50. The van der Waals surface area contributed by atoms with Crippen molar-refractivity contribution >= 4 is 32.5 Å². The monoisotopic (exact) mass is 570 g/mol. The van der Waals surface area contributed by atoms with Crippen LogP contribution in [0.2, 0.25) is 0 Å². The van der Waals surface area contributed by atoms with E-state index in [2.05, 4.69) is 66.6 Å². The first kappa shape index (κ1) is 24.6. The Labute approximate surface area is 234 Å². The van der Waals surface area contributed by atoms with E-state index in [0.717, 1.165) is 37.6 Å². The molecule has 0 radical (unpaired) electrons. The molecule has 0 fully saturated rings. The average molecular weight is 571 g/mol. The van der Waals surface area contributed by atoms with Crippen LogP contribution in [0, 0.1) is 11.3 Å². The number of fused-ring (bicyclic) bond motifs is 1. The highest BCUT2D eigenvalue weighted by atomic mass is 79.9. The number of nitriles is 1. The second kappa shape index (κ2) is 10.6. The number of hydrogen-bond acceptors (Lipinski definition) is 3. The molecule has 2 heterocycles. The van der Waals surface area contributed by atoms with E-state index in [4.69, 9.17) is 5.26 Å². The number of ketones is 1. The number of carbonyl (C=O) groups is 1. The zero-order chi connectivity index (χ0) is 26.8. The minimum atomic E-state index is -0.0240. The van der Waals surface area contributed by atoms with Gasteiger partial charge in [-0.2, -0.15) is 5.26 Å². The molecule has 0 atom stereocenters. The van der Waals surface area contributed by atoms with Crippen LogP contribution in [-0.4, -0.2) is 19.9 Å². The SMILES string of the molecule is N#Cc1ccc(Cn2cncc2Cn2cc(C(=O)c3cccc(Br)c3)c(-c3cccc4ccccc34)c2)cc1. The van der Waals surface area contributed by atoms with Gasteiger partial charge in [0.25, 0.3) is 0 Å². The summed E-state index contributed by atoms with van der Waals surface area (Å²) in [7, 11) is 0. The van der Waals surface area contributed by atoms with Crippen molar-refractivity contribution in [2.24, 2.45) is 0 Å². The molecule has 0 aliphatic heterocycles. The van der Waals surface area contributed by atoms with Crippen LogP contribution in [0.3, 0.4) is 0 Å². The van der Waals surface area contributed by atoms with Crippen LogP contribution in [0.5, 0.6) is 0 Å². The summed E-state index contributed by atoms with van der Waals surface area (Å²) in [5, 5.41) is 11.3. The van der Waals surface area contributed by atoms with Gasteiger partial charge < -0.3 is 9.13 Å². The summed E-state index contributed by atoms with van der Waals surface area (Å²) in [6.45, 7) is 1.20. The smallest absolute Gasteiger partial charge is 0.195 e. The summed E-state index contributed by atoms with van der Waals surface area (Å²) in [6.07, 6.45) is 7.68. The fraction of sp³-hybridized carbons (Fsp3) is 0.0606. The Morgan fingerprint density at radius 3 is 2.49 bits per heavy atom. The van der Waals surface area contributed by atoms with Crippen molar-refractivity contribution in [3.63, 3.8) is 0 Å². The van der Waals surface area contributed by atoms with Gasteiger partial charge in [-0.1, -0.05) is 82.7 Å². The van der Waals surface area contributed by atoms with Crippen molar-refractivity contribution in [2.45, 2.75) is 13.1 Å².